The number of ether oxygens (including phenoxy) is 1. The molecule has 41 heavy (non-hydrogen) atoms. The lowest BCUT2D eigenvalue weighted by Crippen LogP contribution is -2.42. The molecule has 0 spiro atoms. The number of hydrogen-bond donors (Lipinski definition) is 2. The maximum absolute atomic E-state index is 15.4. The first-order chi connectivity index (χ1) is 19.9. The topological polar surface area (TPSA) is 110 Å². The molecule has 2 amide bonds. The van der Waals surface area contributed by atoms with Crippen LogP contribution in [-0.2, 0) is 4.79 Å². The first kappa shape index (κ1) is 25.9. The Kier molecular flexibility index (Phi) is 6.72. The van der Waals surface area contributed by atoms with Crippen LogP contribution < -0.4 is 15.4 Å². The molecular formula is C31H25FN6O3. The summed E-state index contributed by atoms with van der Waals surface area (Å²) in [4.78, 5) is 36.2. The van der Waals surface area contributed by atoms with Gasteiger partial charge in [-0.3, -0.25) is 9.59 Å². The summed E-state index contributed by atoms with van der Waals surface area (Å²) < 4.78 is 22.4. The molecule has 0 saturated carbocycles. The molecule has 0 saturated heterocycles. The van der Waals surface area contributed by atoms with Gasteiger partial charge in [0.2, 0.25) is 6.17 Å². The largest absolute Gasteiger partial charge is 0.491 e. The van der Waals surface area contributed by atoms with Gasteiger partial charge in [-0.2, -0.15) is 5.10 Å². The Morgan fingerprint density at radius 2 is 1.80 bits per heavy atom. The van der Waals surface area contributed by atoms with Gasteiger partial charge in [-0.1, -0.05) is 48.5 Å². The van der Waals surface area contributed by atoms with Crippen molar-refractivity contribution in [2.75, 3.05) is 5.32 Å². The number of hydrogen-bond acceptors (Lipinski definition) is 6. The highest BCUT2D eigenvalue weighted by Crippen LogP contribution is 2.31. The third-order valence-electron chi connectivity index (χ3n) is 6.45. The van der Waals surface area contributed by atoms with Crippen LogP contribution in [0.15, 0.2) is 96.2 Å². The standard InChI is InChI=1S/C31H25FN6O3/c1-18(2)41-20-13-14-21(23(32)17-20)27-25(29-33-15-8-16-38(29)37-27)30(39)36-28-31(40)34-24-12-7-6-11-22(24)26(35-28)19-9-4-3-5-10-19/h3-18,28H,1-2H3,(H,34,40)(H,36,39)/t28-/m1/s1. The molecule has 2 N–H and O–H groups in total. The SMILES string of the molecule is CC(C)Oc1ccc(-c2nn3cccnc3c2C(=O)N[C@H]2N=C(c3ccccc3)c3ccccc3NC2=O)c(F)c1. The third kappa shape index (κ3) is 5.03. The number of anilines is 1. The Balaban J connectivity index is 1.42. The lowest BCUT2D eigenvalue weighted by molar-refractivity contribution is -0.117. The minimum atomic E-state index is -1.29. The van der Waals surface area contributed by atoms with Crippen LogP contribution >= 0.6 is 0 Å². The lowest BCUT2D eigenvalue weighted by Gasteiger charge is -2.14. The van der Waals surface area contributed by atoms with E-state index in [0.29, 0.717) is 22.7 Å². The van der Waals surface area contributed by atoms with E-state index >= 15 is 4.39 Å². The second kappa shape index (κ2) is 10.6. The number of nitrogens with zero attached hydrogens (tertiary/aromatic N) is 4. The summed E-state index contributed by atoms with van der Waals surface area (Å²) in [7, 11) is 0. The Labute approximate surface area is 234 Å². The molecule has 0 aliphatic carbocycles. The first-order valence-electron chi connectivity index (χ1n) is 13.0. The van der Waals surface area contributed by atoms with Gasteiger partial charge in [0, 0.05) is 35.2 Å². The Bertz CT molecular complexity index is 1820. The number of amides is 2. The second-order valence-corrected chi connectivity index (χ2v) is 9.67. The Morgan fingerprint density at radius 3 is 2.59 bits per heavy atom. The van der Waals surface area contributed by atoms with E-state index in [2.05, 4.69) is 20.7 Å². The number of nitrogens with one attached hydrogen (secondary N) is 2. The number of carbonyl (C=O) groups excluding carboxylic acids is 2. The van der Waals surface area contributed by atoms with E-state index in [9.17, 15) is 9.59 Å². The fourth-order valence-electron chi connectivity index (χ4n) is 4.70. The van der Waals surface area contributed by atoms with Crippen LogP contribution in [0.25, 0.3) is 16.9 Å². The van der Waals surface area contributed by atoms with E-state index in [4.69, 9.17) is 9.73 Å². The molecule has 5 aromatic rings. The van der Waals surface area contributed by atoms with E-state index in [-0.39, 0.29) is 28.6 Å². The number of para-hydroxylation sites is 1. The van der Waals surface area contributed by atoms with Crippen molar-refractivity contribution in [3.8, 4) is 17.0 Å². The predicted octanol–water partition coefficient (Wildman–Crippen LogP) is 4.87. The van der Waals surface area contributed by atoms with Gasteiger partial charge in [-0.25, -0.2) is 18.9 Å². The van der Waals surface area contributed by atoms with Gasteiger partial charge in [-0.15, -0.1) is 0 Å². The lowest BCUT2D eigenvalue weighted by atomic mass is 10.0. The quantitative estimate of drug-likeness (QED) is 0.315. The highest BCUT2D eigenvalue weighted by atomic mass is 19.1. The normalized spacial score (nSPS) is 14.7. The van der Waals surface area contributed by atoms with E-state index in [1.807, 2.05) is 62.4 Å². The second-order valence-electron chi connectivity index (χ2n) is 9.67. The number of carbonyl (C=O) groups is 2. The van der Waals surface area contributed by atoms with Crippen molar-refractivity contribution in [3.05, 3.63) is 114 Å². The minimum Gasteiger partial charge on any atom is -0.491 e. The molecular weight excluding hydrogens is 523 g/mol. The summed E-state index contributed by atoms with van der Waals surface area (Å²) in [6, 6.07) is 22.7. The van der Waals surface area contributed by atoms with Gasteiger partial charge in [0.05, 0.1) is 17.5 Å². The predicted molar refractivity (Wildman–Crippen MR) is 153 cm³/mol. The van der Waals surface area contributed by atoms with Crippen molar-refractivity contribution in [3.63, 3.8) is 0 Å². The van der Waals surface area contributed by atoms with Gasteiger partial charge >= 0.3 is 0 Å². The van der Waals surface area contributed by atoms with Crippen molar-refractivity contribution >= 4 is 28.9 Å². The highest BCUT2D eigenvalue weighted by molar-refractivity contribution is 6.20. The monoisotopic (exact) mass is 548 g/mol. The van der Waals surface area contributed by atoms with Crippen LogP contribution in [0, 0.1) is 5.82 Å². The molecule has 2 aromatic heterocycles. The van der Waals surface area contributed by atoms with Gasteiger partial charge in [0.25, 0.3) is 11.8 Å². The molecule has 0 bridgehead atoms. The smallest absolute Gasteiger partial charge is 0.269 e. The summed E-state index contributed by atoms with van der Waals surface area (Å²) in [5.41, 5.74) is 2.96. The van der Waals surface area contributed by atoms with E-state index in [0.717, 1.165) is 5.56 Å². The van der Waals surface area contributed by atoms with Gasteiger partial charge < -0.3 is 15.4 Å². The maximum atomic E-state index is 15.4. The zero-order valence-corrected chi connectivity index (χ0v) is 22.2. The third-order valence-corrected chi connectivity index (χ3v) is 6.45. The van der Waals surface area contributed by atoms with Crippen molar-refractivity contribution < 1.29 is 18.7 Å². The molecule has 6 rings (SSSR count). The molecule has 0 fully saturated rings. The molecule has 9 nitrogen and oxygen atoms in total. The number of rotatable bonds is 6. The van der Waals surface area contributed by atoms with Crippen LogP contribution in [0.3, 0.4) is 0 Å². The molecule has 0 radical (unpaired) electrons. The number of aliphatic imine (C=N–C) groups is 1. The molecule has 1 aliphatic rings. The Morgan fingerprint density at radius 1 is 1.02 bits per heavy atom. The number of fused-ring (bicyclic) bond motifs is 2. The fourth-order valence-corrected chi connectivity index (χ4v) is 4.70. The van der Waals surface area contributed by atoms with Crippen LogP contribution in [0.1, 0.15) is 35.3 Å². The van der Waals surface area contributed by atoms with Crippen molar-refractivity contribution in [2.24, 2.45) is 4.99 Å². The number of benzodiazepines with no additional fused rings is 1. The highest BCUT2D eigenvalue weighted by Gasteiger charge is 2.31. The summed E-state index contributed by atoms with van der Waals surface area (Å²) in [6.45, 7) is 3.69. The zero-order valence-electron chi connectivity index (χ0n) is 22.2. The Hall–Kier alpha value is -5.38. The minimum absolute atomic E-state index is 0.00745. The van der Waals surface area contributed by atoms with Gasteiger partial charge in [0.15, 0.2) is 5.65 Å². The average molecular weight is 549 g/mol. The van der Waals surface area contributed by atoms with Crippen molar-refractivity contribution in [2.45, 2.75) is 26.1 Å². The molecule has 1 aliphatic heterocycles. The van der Waals surface area contributed by atoms with E-state index < -0.39 is 23.8 Å². The molecule has 3 heterocycles. The summed E-state index contributed by atoms with van der Waals surface area (Å²) in [5, 5.41) is 10.0. The van der Waals surface area contributed by atoms with Crippen LogP contribution in [0.4, 0.5) is 10.1 Å². The molecule has 1 atom stereocenters. The number of benzene rings is 3. The zero-order chi connectivity index (χ0) is 28.5. The number of halogens is 1. The first-order valence-corrected chi connectivity index (χ1v) is 13.0. The number of aromatic nitrogens is 3. The summed E-state index contributed by atoms with van der Waals surface area (Å²) >= 11 is 0. The van der Waals surface area contributed by atoms with E-state index in [1.54, 1.807) is 24.4 Å². The van der Waals surface area contributed by atoms with E-state index in [1.165, 1.54) is 22.8 Å². The van der Waals surface area contributed by atoms with Crippen LogP contribution in [0.5, 0.6) is 5.75 Å². The van der Waals surface area contributed by atoms with Crippen LogP contribution in [0.2, 0.25) is 0 Å². The molecule has 3 aromatic carbocycles. The van der Waals surface area contributed by atoms with Gasteiger partial charge in [-0.05, 0) is 38.1 Å². The molecule has 10 heteroatoms. The van der Waals surface area contributed by atoms with Crippen molar-refractivity contribution in [1.82, 2.24) is 19.9 Å². The summed E-state index contributed by atoms with van der Waals surface area (Å²) in [5.74, 6) is -1.47. The van der Waals surface area contributed by atoms with Gasteiger partial charge in [0.1, 0.15) is 22.8 Å². The van der Waals surface area contributed by atoms with Crippen LogP contribution in [-0.4, -0.2) is 44.4 Å². The average Bonchev–Trinajstić information content (AvgIpc) is 3.28. The molecule has 0 unspecified atom stereocenters. The summed E-state index contributed by atoms with van der Waals surface area (Å²) in [6.07, 6.45) is 1.69. The molecule has 204 valence electrons. The van der Waals surface area contributed by atoms with Crippen molar-refractivity contribution in [1.29, 1.82) is 0 Å². The maximum Gasteiger partial charge on any atom is 0.269 e. The fraction of sp³-hybridized carbons (Fsp3) is 0.129.